The smallest absolute Gasteiger partial charge is 0.444 e. The van der Waals surface area contributed by atoms with E-state index in [4.69, 9.17) is 20.2 Å². The van der Waals surface area contributed by atoms with Crippen molar-refractivity contribution in [3.8, 4) is 0 Å². The van der Waals surface area contributed by atoms with Crippen LogP contribution in [-0.4, -0.2) is 0 Å². The normalized spacial score (nSPS) is 2.67. The Labute approximate surface area is 63.4 Å². The van der Waals surface area contributed by atoms with E-state index in [2.05, 4.69) is 0 Å². The number of hydrogen-bond donors (Lipinski definition) is 2. The van der Waals surface area contributed by atoms with E-state index in [0.29, 0.717) is 0 Å². The average molecular weight is 191 g/mol. The minimum absolute atomic E-state index is 0. The molecule has 0 unspecified atom stereocenters. The topological polar surface area (TPSA) is 175 Å². The zero-order chi connectivity index (χ0) is 5.41. The molecule has 6 N–H and O–H groups in total. The number of nitrogens with zero attached hydrogens (tertiary/aromatic N) is 2. The molecular formula is H6N4O4Zn. The van der Waals surface area contributed by atoms with Crippen LogP contribution in [0.15, 0.2) is 10.7 Å². The largest absolute Gasteiger partial charge is 2.00 e. The van der Waals surface area contributed by atoms with E-state index in [-0.39, 0.29) is 31.8 Å². The Morgan fingerprint density at radius 2 is 0.889 bits per heavy atom. The number of hydrogen-bond acceptors (Lipinski definition) is 8. The molecule has 0 aromatic heterocycles. The number of rotatable bonds is 0. The van der Waals surface area contributed by atoms with Crippen molar-refractivity contribution in [2.75, 3.05) is 0 Å². The van der Waals surface area contributed by atoms with Gasteiger partial charge in [0.15, 0.2) is 0 Å². The molecule has 0 rings (SSSR count). The molecule has 0 heterocycles. The fourth-order valence-corrected chi connectivity index (χ4v) is 0. The van der Waals surface area contributed by atoms with Crippen molar-refractivity contribution < 1.29 is 19.5 Å². The Morgan fingerprint density at radius 1 is 0.889 bits per heavy atom. The van der Waals surface area contributed by atoms with Crippen molar-refractivity contribution in [3.63, 3.8) is 0 Å². The molecule has 0 amide bonds. The molecule has 0 aliphatic heterocycles. The average Bonchev–Trinajstić information content (AvgIpc) is 1.39. The van der Waals surface area contributed by atoms with Gasteiger partial charge in [-0.25, -0.2) is 0 Å². The Kier molecular flexibility index (Phi) is 732. The Hall–Kier alpha value is -0.657. The van der Waals surface area contributed by atoms with Gasteiger partial charge in [0.2, 0.25) is 0 Å². The van der Waals surface area contributed by atoms with Crippen molar-refractivity contribution in [2.24, 2.45) is 10.7 Å². The molecule has 0 bridgehead atoms. The van der Waals surface area contributed by atoms with Crippen LogP contribution in [0.25, 0.3) is 0 Å². The zero-order valence-corrected chi connectivity index (χ0v) is 7.62. The first kappa shape index (κ1) is 40.2. The molecule has 9 heteroatoms. The van der Waals surface area contributed by atoms with E-state index in [1.54, 1.807) is 0 Å². The van der Waals surface area contributed by atoms with Gasteiger partial charge in [-0.3, -0.25) is 0 Å². The van der Waals surface area contributed by atoms with E-state index < -0.39 is 0 Å². The van der Waals surface area contributed by atoms with Crippen molar-refractivity contribution >= 4 is 0 Å². The Morgan fingerprint density at radius 3 is 0.889 bits per heavy atom. The third kappa shape index (κ3) is 486. The van der Waals surface area contributed by atoms with Gasteiger partial charge >= 0.3 is 19.5 Å². The monoisotopic (exact) mass is 190 g/mol. The first-order valence-electron chi connectivity index (χ1n) is 0.730. The summed E-state index contributed by atoms with van der Waals surface area (Å²) in [6.07, 6.45) is 0. The second kappa shape index (κ2) is 164. The fourth-order valence-electron chi connectivity index (χ4n) is 0. The first-order chi connectivity index (χ1) is 2.83. The van der Waals surface area contributed by atoms with E-state index in [0.717, 1.165) is 10.7 Å². The summed E-state index contributed by atoms with van der Waals surface area (Å²) in [6, 6.07) is 0. The summed E-state index contributed by atoms with van der Waals surface area (Å²) in [5.74, 6) is 0. The van der Waals surface area contributed by atoms with Crippen LogP contribution >= 0.6 is 0 Å². The fraction of sp³-hybridized carbons (Fsp3) is 0. The molecule has 8 nitrogen and oxygen atoms in total. The molecule has 0 fully saturated rings. The minimum Gasteiger partial charge on any atom is -0.444 e. The molecular weight excluding hydrogens is 185 g/mol. The Balaban J connectivity index is -0.00000000889. The summed E-state index contributed by atoms with van der Waals surface area (Å²) in [7, 11) is 0. The summed E-state index contributed by atoms with van der Waals surface area (Å²) < 4.78 is 0. The van der Waals surface area contributed by atoms with Gasteiger partial charge in [0, 0.05) is 0 Å². The summed E-state index contributed by atoms with van der Waals surface area (Å²) in [5, 5.41) is 18.0. The van der Waals surface area contributed by atoms with Crippen LogP contribution in [-0.2, 0) is 19.5 Å². The molecule has 0 saturated carbocycles. The second-order valence-electron chi connectivity index (χ2n) is 0.149. The van der Waals surface area contributed by atoms with Crippen LogP contribution in [0, 0.1) is 20.2 Å². The van der Waals surface area contributed by atoms with Gasteiger partial charge in [0.05, 0.1) is 0 Å². The summed E-state index contributed by atoms with van der Waals surface area (Å²) in [6.45, 7) is 0. The Bertz CT molecular complexity index is 33.5. The molecule has 52 valence electrons. The summed E-state index contributed by atoms with van der Waals surface area (Å²) in [4.78, 5) is 16.0. The predicted octanol–water partition coefficient (Wildman–Crippen LogP) is 0.823. The third-order valence-electron chi connectivity index (χ3n) is 0. The van der Waals surface area contributed by atoms with E-state index in [1.165, 1.54) is 0 Å². The second-order valence-corrected chi connectivity index (χ2v) is 0.149. The van der Waals surface area contributed by atoms with Crippen molar-refractivity contribution in [3.05, 3.63) is 20.2 Å². The molecule has 0 atom stereocenters. The van der Waals surface area contributed by atoms with Gasteiger partial charge in [-0.1, -0.05) is 0 Å². The van der Waals surface area contributed by atoms with Crippen LogP contribution in [0.5, 0.6) is 0 Å². The van der Waals surface area contributed by atoms with Crippen molar-refractivity contribution in [1.82, 2.24) is 12.3 Å². The third-order valence-corrected chi connectivity index (χ3v) is 0. The maximum Gasteiger partial charge on any atom is 2.00 e. The van der Waals surface area contributed by atoms with Crippen molar-refractivity contribution in [1.29, 1.82) is 0 Å². The van der Waals surface area contributed by atoms with E-state index in [9.17, 15) is 0 Å². The van der Waals surface area contributed by atoms with Gasteiger partial charge < -0.3 is 32.5 Å². The molecule has 0 radical (unpaired) electrons. The molecule has 9 heavy (non-hydrogen) atoms. The van der Waals surface area contributed by atoms with Crippen LogP contribution in [0.1, 0.15) is 0 Å². The quantitative estimate of drug-likeness (QED) is 0.325. The molecule has 0 aromatic rings. The standard InChI is InChI=1S/2HNO2.2H3N.Zn/c2*2-1-3;;;/h2*(H,2,3);2*1H3;/q;;;;+2/p-2. The van der Waals surface area contributed by atoms with Crippen LogP contribution < -0.4 is 12.3 Å². The van der Waals surface area contributed by atoms with Gasteiger partial charge in [-0.05, 0) is 0 Å². The van der Waals surface area contributed by atoms with E-state index >= 15 is 0 Å². The molecule has 0 aliphatic carbocycles. The molecule has 0 saturated heterocycles. The van der Waals surface area contributed by atoms with Gasteiger partial charge in [-0.2, -0.15) is 0 Å². The van der Waals surface area contributed by atoms with Gasteiger partial charge in [0.25, 0.3) is 0 Å². The SMILES string of the molecule is N.N.O=N[O-].O=N[O-].[Zn+2]. The van der Waals surface area contributed by atoms with Crippen LogP contribution in [0.3, 0.4) is 0 Å². The summed E-state index contributed by atoms with van der Waals surface area (Å²) in [5.41, 5.74) is 0. The van der Waals surface area contributed by atoms with Crippen LogP contribution in [0.4, 0.5) is 0 Å². The molecule has 0 aliphatic rings. The van der Waals surface area contributed by atoms with Crippen molar-refractivity contribution in [2.45, 2.75) is 0 Å². The maximum absolute atomic E-state index is 8.00. The minimum atomic E-state index is 0. The molecule has 0 spiro atoms. The first-order valence-corrected chi connectivity index (χ1v) is 0.730. The van der Waals surface area contributed by atoms with Gasteiger partial charge in [0.1, 0.15) is 0 Å². The van der Waals surface area contributed by atoms with E-state index in [1.807, 2.05) is 0 Å². The van der Waals surface area contributed by atoms with Crippen LogP contribution in [0.2, 0.25) is 0 Å². The summed E-state index contributed by atoms with van der Waals surface area (Å²) >= 11 is 0. The predicted molar refractivity (Wildman–Crippen MR) is 28.4 cm³/mol. The van der Waals surface area contributed by atoms with Gasteiger partial charge in [-0.15, -0.1) is 10.7 Å². The zero-order valence-electron chi connectivity index (χ0n) is 4.65. The molecule has 0 aromatic carbocycles. The maximum atomic E-state index is 8.00.